The molecule has 1 aromatic heterocycles. The van der Waals surface area contributed by atoms with Gasteiger partial charge < -0.3 is 23.8 Å². The highest BCUT2D eigenvalue weighted by Crippen LogP contribution is 2.40. The van der Waals surface area contributed by atoms with Crippen molar-refractivity contribution in [3.63, 3.8) is 0 Å². The lowest BCUT2D eigenvalue weighted by molar-refractivity contribution is -0.127. The first-order chi connectivity index (χ1) is 15.5. The molecule has 3 aromatic rings. The number of halogens is 1. The molecule has 0 aliphatic carbocycles. The Morgan fingerprint density at radius 2 is 1.79 bits per heavy atom. The standard InChI is InChI=1S/C23H27N3O5S.ClH/c1-25(2)12-7-13-26(22(27)19-14-30-15-8-5-6-9-16(15)31-19)23-24-20-17(28-3)10-11-18(29-4)21(20)32-23;/h5-6,8-11,19H,7,12-14H2,1-4H3;1H. The molecular weight excluding hydrogens is 466 g/mol. The van der Waals surface area contributed by atoms with Crippen molar-refractivity contribution < 1.29 is 23.7 Å². The predicted octanol–water partition coefficient (Wildman–Crippen LogP) is 3.86. The molecule has 0 spiro atoms. The van der Waals surface area contributed by atoms with Gasteiger partial charge in [0.05, 0.1) is 14.2 Å². The fourth-order valence-corrected chi connectivity index (χ4v) is 4.66. The second kappa shape index (κ2) is 10.9. The molecule has 1 aliphatic rings. The van der Waals surface area contributed by atoms with Crippen molar-refractivity contribution in [1.82, 2.24) is 9.88 Å². The number of fused-ring (bicyclic) bond motifs is 2. The molecule has 0 radical (unpaired) electrons. The summed E-state index contributed by atoms with van der Waals surface area (Å²) >= 11 is 1.40. The van der Waals surface area contributed by atoms with Gasteiger partial charge in [-0.3, -0.25) is 9.69 Å². The molecule has 0 saturated heterocycles. The van der Waals surface area contributed by atoms with Crippen LogP contribution in [0.5, 0.6) is 23.0 Å². The molecule has 1 aliphatic heterocycles. The van der Waals surface area contributed by atoms with Gasteiger partial charge in [-0.1, -0.05) is 23.5 Å². The van der Waals surface area contributed by atoms with Crippen molar-refractivity contribution in [3.8, 4) is 23.0 Å². The zero-order chi connectivity index (χ0) is 22.7. The van der Waals surface area contributed by atoms with Gasteiger partial charge >= 0.3 is 0 Å². The summed E-state index contributed by atoms with van der Waals surface area (Å²) in [6.07, 6.45) is 0.0349. The summed E-state index contributed by atoms with van der Waals surface area (Å²) in [6.45, 7) is 1.49. The molecule has 33 heavy (non-hydrogen) atoms. The molecule has 0 fully saturated rings. The lowest BCUT2D eigenvalue weighted by Gasteiger charge is -2.29. The van der Waals surface area contributed by atoms with Gasteiger partial charge in [0.2, 0.25) is 6.10 Å². The van der Waals surface area contributed by atoms with Crippen LogP contribution in [0, 0.1) is 0 Å². The van der Waals surface area contributed by atoms with Crippen LogP contribution >= 0.6 is 23.7 Å². The van der Waals surface area contributed by atoms with E-state index in [9.17, 15) is 4.79 Å². The Morgan fingerprint density at radius 1 is 1.09 bits per heavy atom. The molecule has 10 heteroatoms. The Hall–Kier alpha value is -2.75. The van der Waals surface area contributed by atoms with E-state index >= 15 is 0 Å². The van der Waals surface area contributed by atoms with Crippen molar-refractivity contribution in [1.29, 1.82) is 0 Å². The van der Waals surface area contributed by atoms with Gasteiger partial charge in [0.15, 0.2) is 16.6 Å². The van der Waals surface area contributed by atoms with E-state index in [4.69, 9.17) is 23.9 Å². The smallest absolute Gasteiger partial charge is 0.273 e. The third-order valence-corrected chi connectivity index (χ3v) is 6.26. The summed E-state index contributed by atoms with van der Waals surface area (Å²) in [5, 5.41) is 0.578. The van der Waals surface area contributed by atoms with E-state index in [1.54, 1.807) is 25.2 Å². The predicted molar refractivity (Wildman–Crippen MR) is 132 cm³/mol. The molecule has 178 valence electrons. The zero-order valence-corrected chi connectivity index (χ0v) is 20.7. The quantitative estimate of drug-likeness (QED) is 0.471. The van der Waals surface area contributed by atoms with Crippen LogP contribution in [0.2, 0.25) is 0 Å². The highest BCUT2D eigenvalue weighted by molar-refractivity contribution is 7.22. The van der Waals surface area contributed by atoms with Crippen LogP contribution in [0.15, 0.2) is 36.4 Å². The molecule has 2 heterocycles. The number of ether oxygens (including phenoxy) is 4. The van der Waals surface area contributed by atoms with Crippen LogP contribution in [0.25, 0.3) is 10.2 Å². The maximum Gasteiger partial charge on any atom is 0.273 e. The number of methoxy groups -OCH3 is 2. The molecule has 0 saturated carbocycles. The Bertz CT molecular complexity index is 1070. The molecule has 1 atom stereocenters. The number of para-hydroxylation sites is 2. The summed E-state index contributed by atoms with van der Waals surface area (Å²) in [5.41, 5.74) is 0.670. The van der Waals surface area contributed by atoms with Gasteiger partial charge in [0.25, 0.3) is 5.91 Å². The largest absolute Gasteiger partial charge is 0.495 e. The number of carbonyl (C=O) groups is 1. The lowest BCUT2D eigenvalue weighted by Crippen LogP contribution is -2.47. The number of benzene rings is 2. The Labute approximate surface area is 203 Å². The number of hydrogen-bond donors (Lipinski definition) is 0. The number of rotatable bonds is 8. The van der Waals surface area contributed by atoms with E-state index in [0.29, 0.717) is 40.2 Å². The SMILES string of the molecule is COc1ccc(OC)c2sc(N(CCCN(C)C)C(=O)C3COc4ccccc4O3)nc12.Cl. The fourth-order valence-electron chi connectivity index (χ4n) is 3.55. The average Bonchev–Trinajstić information content (AvgIpc) is 3.25. The molecule has 2 aromatic carbocycles. The molecule has 0 bridgehead atoms. The third kappa shape index (κ3) is 5.26. The Balaban J connectivity index is 0.00000306. The van der Waals surface area contributed by atoms with Gasteiger partial charge in [0.1, 0.15) is 28.3 Å². The molecule has 1 amide bonds. The number of hydrogen-bond acceptors (Lipinski definition) is 8. The number of nitrogens with zero attached hydrogens (tertiary/aromatic N) is 3. The highest BCUT2D eigenvalue weighted by Gasteiger charge is 2.33. The van der Waals surface area contributed by atoms with Crippen molar-refractivity contribution >= 4 is 45.0 Å². The first kappa shape index (κ1) is 24.9. The topological polar surface area (TPSA) is 73.4 Å². The van der Waals surface area contributed by atoms with Crippen LogP contribution in [0.1, 0.15) is 6.42 Å². The highest BCUT2D eigenvalue weighted by atomic mass is 35.5. The van der Waals surface area contributed by atoms with E-state index in [2.05, 4.69) is 4.90 Å². The number of aromatic nitrogens is 1. The average molecular weight is 494 g/mol. The van der Waals surface area contributed by atoms with Crippen LogP contribution in [-0.2, 0) is 4.79 Å². The lowest BCUT2D eigenvalue weighted by atomic mass is 10.2. The van der Waals surface area contributed by atoms with Crippen LogP contribution in [0.3, 0.4) is 0 Å². The third-order valence-electron chi connectivity index (χ3n) is 5.17. The number of anilines is 1. The van der Waals surface area contributed by atoms with Crippen LogP contribution < -0.4 is 23.8 Å². The maximum atomic E-state index is 13.6. The van der Waals surface area contributed by atoms with Gasteiger partial charge in [-0.25, -0.2) is 4.98 Å². The summed E-state index contributed by atoms with van der Waals surface area (Å²) in [7, 11) is 7.24. The minimum atomic E-state index is -0.750. The second-order valence-electron chi connectivity index (χ2n) is 7.66. The minimum Gasteiger partial charge on any atom is -0.495 e. The van der Waals surface area contributed by atoms with E-state index in [1.807, 2.05) is 44.4 Å². The van der Waals surface area contributed by atoms with Crippen LogP contribution in [-0.4, -0.2) is 69.9 Å². The van der Waals surface area contributed by atoms with E-state index in [1.165, 1.54) is 11.3 Å². The van der Waals surface area contributed by atoms with Crippen molar-refractivity contribution in [2.75, 3.05) is 52.9 Å². The number of carbonyl (C=O) groups excluding carboxylic acids is 1. The maximum absolute atomic E-state index is 13.6. The summed E-state index contributed by atoms with van der Waals surface area (Å²) in [5.74, 6) is 2.35. The summed E-state index contributed by atoms with van der Waals surface area (Å²) < 4.78 is 23.6. The summed E-state index contributed by atoms with van der Waals surface area (Å²) in [6, 6.07) is 11.0. The van der Waals surface area contributed by atoms with Crippen molar-refractivity contribution in [2.24, 2.45) is 0 Å². The van der Waals surface area contributed by atoms with Gasteiger partial charge in [-0.05, 0) is 51.3 Å². The van der Waals surface area contributed by atoms with E-state index in [-0.39, 0.29) is 24.9 Å². The monoisotopic (exact) mass is 493 g/mol. The van der Waals surface area contributed by atoms with Gasteiger partial charge in [-0.15, -0.1) is 12.4 Å². The first-order valence-corrected chi connectivity index (χ1v) is 11.2. The Morgan fingerprint density at radius 3 is 2.48 bits per heavy atom. The number of thiazole rings is 1. The first-order valence-electron chi connectivity index (χ1n) is 10.4. The normalized spacial score (nSPS) is 14.6. The Kier molecular flexibility index (Phi) is 8.23. The van der Waals surface area contributed by atoms with Crippen molar-refractivity contribution in [2.45, 2.75) is 12.5 Å². The van der Waals surface area contributed by atoms with E-state index in [0.717, 1.165) is 17.7 Å². The molecule has 0 N–H and O–H groups in total. The zero-order valence-electron chi connectivity index (χ0n) is 19.1. The molecular formula is C23H28ClN3O5S. The molecule has 4 rings (SSSR count). The fraction of sp³-hybridized carbons (Fsp3) is 0.391. The van der Waals surface area contributed by atoms with Crippen LogP contribution in [0.4, 0.5) is 5.13 Å². The molecule has 8 nitrogen and oxygen atoms in total. The minimum absolute atomic E-state index is 0. The number of amides is 1. The second-order valence-corrected chi connectivity index (χ2v) is 8.63. The van der Waals surface area contributed by atoms with E-state index < -0.39 is 6.10 Å². The van der Waals surface area contributed by atoms with Gasteiger partial charge in [-0.2, -0.15) is 0 Å². The summed E-state index contributed by atoms with van der Waals surface area (Å²) in [4.78, 5) is 22.1. The van der Waals surface area contributed by atoms with Gasteiger partial charge in [0, 0.05) is 6.54 Å². The molecule has 1 unspecified atom stereocenters. The van der Waals surface area contributed by atoms with Crippen molar-refractivity contribution in [3.05, 3.63) is 36.4 Å².